The molecule has 164 valence electrons. The zero-order chi connectivity index (χ0) is 22.4. The molecule has 7 nitrogen and oxygen atoms in total. The first kappa shape index (κ1) is 23.1. The van der Waals surface area contributed by atoms with E-state index in [1.165, 1.54) is 22.5 Å². The fourth-order valence-electron chi connectivity index (χ4n) is 3.05. The third-order valence-corrected chi connectivity index (χ3v) is 7.07. The molecule has 0 aliphatic carbocycles. The van der Waals surface area contributed by atoms with Gasteiger partial charge < -0.3 is 10.2 Å². The van der Waals surface area contributed by atoms with Crippen LogP contribution in [0.1, 0.15) is 11.1 Å². The molecule has 0 spiro atoms. The number of likely N-dealkylation sites (N-methyl/N-ethyl adjacent to an activating group) is 1. The number of carbonyl (C=O) groups excluding carboxylic acids is 1. The molecule has 2 aromatic rings. The Kier molecular flexibility index (Phi) is 7.55. The van der Waals surface area contributed by atoms with E-state index in [0.717, 1.165) is 11.1 Å². The minimum Gasteiger partial charge on any atom is -0.332 e. The third kappa shape index (κ3) is 6.44. The van der Waals surface area contributed by atoms with Gasteiger partial charge in [0.25, 0.3) is 0 Å². The topological polar surface area (TPSA) is 81.8 Å². The lowest BCUT2D eigenvalue weighted by Gasteiger charge is -2.31. The molecule has 0 bridgehead atoms. The fourth-order valence-corrected chi connectivity index (χ4v) is 4.69. The number of benzene rings is 2. The van der Waals surface area contributed by atoms with Gasteiger partial charge in [0, 0.05) is 37.9 Å². The zero-order valence-corrected chi connectivity index (χ0v) is 19.2. The summed E-state index contributed by atoms with van der Waals surface area (Å²) in [6.07, 6.45) is 3.11. The van der Waals surface area contributed by atoms with Crippen LogP contribution in [0.2, 0.25) is 0 Å². The number of hydrogen-bond acceptors (Lipinski definition) is 5. The SMILES string of the molecule is Cc1ccc(C=CC(=O)NC(=S)Nc2ccc(S(=O)(=O)N3CCN(C)CC3)cc2)cc1. The molecule has 31 heavy (non-hydrogen) atoms. The molecule has 0 radical (unpaired) electrons. The van der Waals surface area contributed by atoms with Crippen molar-refractivity contribution in [3.05, 3.63) is 65.7 Å². The third-order valence-electron chi connectivity index (χ3n) is 4.95. The van der Waals surface area contributed by atoms with Crippen molar-refractivity contribution < 1.29 is 13.2 Å². The van der Waals surface area contributed by atoms with E-state index in [2.05, 4.69) is 15.5 Å². The van der Waals surface area contributed by atoms with Gasteiger partial charge in [0.15, 0.2) is 5.11 Å². The molecule has 1 fully saturated rings. The van der Waals surface area contributed by atoms with Crippen LogP contribution in [0, 0.1) is 6.92 Å². The lowest BCUT2D eigenvalue weighted by atomic mass is 10.1. The van der Waals surface area contributed by atoms with E-state index in [9.17, 15) is 13.2 Å². The lowest BCUT2D eigenvalue weighted by molar-refractivity contribution is -0.115. The van der Waals surface area contributed by atoms with Gasteiger partial charge in [-0.1, -0.05) is 29.8 Å². The summed E-state index contributed by atoms with van der Waals surface area (Å²) < 4.78 is 27.1. The predicted octanol–water partition coefficient (Wildman–Crippen LogP) is 2.46. The minimum absolute atomic E-state index is 0.133. The Hall–Kier alpha value is -2.59. The second-order valence-electron chi connectivity index (χ2n) is 7.42. The molecule has 2 N–H and O–H groups in total. The van der Waals surface area contributed by atoms with Crippen molar-refractivity contribution in [1.29, 1.82) is 0 Å². The average Bonchev–Trinajstić information content (AvgIpc) is 2.74. The van der Waals surface area contributed by atoms with E-state index in [0.29, 0.717) is 31.9 Å². The molecule has 0 unspecified atom stereocenters. The Bertz CT molecular complexity index is 1060. The van der Waals surface area contributed by atoms with Gasteiger partial charge in [-0.05, 0) is 62.1 Å². The second kappa shape index (κ2) is 10.1. The molecule has 1 heterocycles. The highest BCUT2D eigenvalue weighted by molar-refractivity contribution is 7.89. The number of amides is 1. The Morgan fingerprint density at radius 1 is 1.00 bits per heavy atom. The summed E-state index contributed by atoms with van der Waals surface area (Å²) >= 11 is 5.17. The van der Waals surface area contributed by atoms with E-state index in [1.807, 2.05) is 38.2 Å². The molecule has 1 aliphatic rings. The monoisotopic (exact) mass is 458 g/mol. The van der Waals surface area contributed by atoms with Gasteiger partial charge in [0.2, 0.25) is 15.9 Å². The maximum atomic E-state index is 12.8. The highest BCUT2D eigenvalue weighted by Gasteiger charge is 2.27. The van der Waals surface area contributed by atoms with Crippen LogP contribution in [0.3, 0.4) is 0 Å². The first-order valence-corrected chi connectivity index (χ1v) is 11.7. The van der Waals surface area contributed by atoms with E-state index in [-0.39, 0.29) is 15.9 Å². The van der Waals surface area contributed by atoms with Crippen molar-refractivity contribution >= 4 is 45.0 Å². The van der Waals surface area contributed by atoms with Crippen LogP contribution >= 0.6 is 12.2 Å². The summed E-state index contributed by atoms with van der Waals surface area (Å²) in [6, 6.07) is 14.1. The van der Waals surface area contributed by atoms with Gasteiger partial charge in [-0.15, -0.1) is 0 Å². The standard InChI is InChI=1S/C22H26N4O3S2/c1-17-3-5-18(6-4-17)7-12-21(27)24-22(30)23-19-8-10-20(11-9-19)31(28,29)26-15-13-25(2)14-16-26/h3-12H,13-16H2,1-2H3,(H2,23,24,27,30). The largest absolute Gasteiger partial charge is 0.332 e. The maximum Gasteiger partial charge on any atom is 0.250 e. The number of anilines is 1. The molecular formula is C22H26N4O3S2. The number of hydrogen-bond donors (Lipinski definition) is 2. The minimum atomic E-state index is -3.52. The van der Waals surface area contributed by atoms with E-state index in [4.69, 9.17) is 12.2 Å². The Morgan fingerprint density at radius 2 is 1.61 bits per heavy atom. The van der Waals surface area contributed by atoms with Crippen molar-refractivity contribution in [2.24, 2.45) is 0 Å². The Balaban J connectivity index is 1.54. The molecule has 0 aromatic heterocycles. The summed E-state index contributed by atoms with van der Waals surface area (Å²) in [7, 11) is -1.54. The summed E-state index contributed by atoms with van der Waals surface area (Å²) in [5.74, 6) is -0.354. The van der Waals surface area contributed by atoms with Crippen molar-refractivity contribution in [1.82, 2.24) is 14.5 Å². The summed E-state index contributed by atoms with van der Waals surface area (Å²) in [5, 5.41) is 5.60. The van der Waals surface area contributed by atoms with E-state index < -0.39 is 10.0 Å². The summed E-state index contributed by atoms with van der Waals surface area (Å²) in [5.41, 5.74) is 2.65. The highest BCUT2D eigenvalue weighted by Crippen LogP contribution is 2.19. The van der Waals surface area contributed by atoms with E-state index in [1.54, 1.807) is 18.2 Å². The van der Waals surface area contributed by atoms with Gasteiger partial charge in [-0.3, -0.25) is 10.1 Å². The summed E-state index contributed by atoms with van der Waals surface area (Å²) in [6.45, 7) is 4.38. The van der Waals surface area contributed by atoms with Crippen LogP contribution in [0.5, 0.6) is 0 Å². The van der Waals surface area contributed by atoms with Crippen molar-refractivity contribution in [2.75, 3.05) is 38.5 Å². The van der Waals surface area contributed by atoms with Crippen LogP contribution in [0.15, 0.2) is 59.5 Å². The highest BCUT2D eigenvalue weighted by atomic mass is 32.2. The second-order valence-corrected chi connectivity index (χ2v) is 9.77. The van der Waals surface area contributed by atoms with Gasteiger partial charge in [0.1, 0.15) is 0 Å². The maximum absolute atomic E-state index is 12.8. The predicted molar refractivity (Wildman–Crippen MR) is 127 cm³/mol. The van der Waals surface area contributed by atoms with Gasteiger partial charge in [-0.25, -0.2) is 8.42 Å². The van der Waals surface area contributed by atoms with Crippen LogP contribution < -0.4 is 10.6 Å². The lowest BCUT2D eigenvalue weighted by Crippen LogP contribution is -2.46. The number of aryl methyl sites for hydroxylation is 1. The number of piperazine rings is 1. The normalized spacial score (nSPS) is 15.7. The molecular weight excluding hydrogens is 432 g/mol. The van der Waals surface area contributed by atoms with Crippen molar-refractivity contribution in [3.63, 3.8) is 0 Å². The molecule has 2 aromatic carbocycles. The molecule has 0 saturated carbocycles. The Morgan fingerprint density at radius 3 is 2.23 bits per heavy atom. The van der Waals surface area contributed by atoms with Crippen molar-refractivity contribution in [2.45, 2.75) is 11.8 Å². The van der Waals surface area contributed by atoms with E-state index >= 15 is 0 Å². The number of sulfonamides is 1. The average molecular weight is 459 g/mol. The van der Waals surface area contributed by atoms with Gasteiger partial charge in [0.05, 0.1) is 4.90 Å². The smallest absolute Gasteiger partial charge is 0.250 e. The molecule has 0 atom stereocenters. The molecule has 3 rings (SSSR count). The molecule has 1 amide bonds. The number of nitrogens with zero attached hydrogens (tertiary/aromatic N) is 2. The molecule has 1 aliphatic heterocycles. The molecule has 1 saturated heterocycles. The quantitative estimate of drug-likeness (QED) is 0.529. The van der Waals surface area contributed by atoms with Crippen LogP contribution in [0.4, 0.5) is 5.69 Å². The van der Waals surface area contributed by atoms with Crippen LogP contribution in [-0.2, 0) is 14.8 Å². The van der Waals surface area contributed by atoms with Gasteiger partial charge in [-0.2, -0.15) is 4.31 Å². The first-order chi connectivity index (χ1) is 14.7. The number of carbonyl (C=O) groups is 1. The summed E-state index contributed by atoms with van der Waals surface area (Å²) in [4.78, 5) is 14.4. The van der Waals surface area contributed by atoms with Gasteiger partial charge >= 0.3 is 0 Å². The van der Waals surface area contributed by atoms with Crippen molar-refractivity contribution in [3.8, 4) is 0 Å². The Labute approximate surface area is 188 Å². The zero-order valence-electron chi connectivity index (χ0n) is 17.5. The number of thiocarbonyl (C=S) groups is 1. The van der Waals surface area contributed by atoms with Crippen LogP contribution in [-0.4, -0.2) is 61.9 Å². The molecule has 9 heteroatoms. The number of rotatable bonds is 5. The first-order valence-electron chi connectivity index (χ1n) is 9.89. The number of nitrogens with one attached hydrogen (secondary N) is 2. The fraction of sp³-hybridized carbons (Fsp3) is 0.273. The van der Waals surface area contributed by atoms with Crippen LogP contribution in [0.25, 0.3) is 6.08 Å².